The molecule has 0 aromatic heterocycles. The van der Waals surface area contributed by atoms with Crippen LogP contribution < -0.4 is 15.0 Å². The predicted octanol–water partition coefficient (Wildman–Crippen LogP) is 1.44. The number of benzene rings is 1. The second kappa shape index (κ2) is 5.88. The van der Waals surface area contributed by atoms with Gasteiger partial charge in [-0.3, -0.25) is 14.5 Å². The molecular weight excluding hydrogens is 312 g/mol. The van der Waals surface area contributed by atoms with Gasteiger partial charge in [0.15, 0.2) is 0 Å². The average molecular weight is 325 g/mol. The third-order valence-corrected chi connectivity index (χ3v) is 2.89. The smallest absolute Gasteiger partial charge is 0.316 e. The van der Waals surface area contributed by atoms with Gasteiger partial charge in [-0.1, -0.05) is 34.6 Å². The van der Waals surface area contributed by atoms with Gasteiger partial charge < -0.3 is 10.1 Å². The van der Waals surface area contributed by atoms with E-state index in [1.165, 1.54) is 4.90 Å². The Labute approximate surface area is 119 Å². The molecule has 6 heteroatoms. The van der Waals surface area contributed by atoms with Gasteiger partial charge in [-0.15, -0.1) is 0 Å². The summed E-state index contributed by atoms with van der Waals surface area (Å²) in [7, 11) is 0. The molecule has 1 aliphatic rings. The van der Waals surface area contributed by atoms with Crippen LogP contribution in [0, 0.1) is 0 Å². The first-order valence-electron chi connectivity index (χ1n) is 5.74. The van der Waals surface area contributed by atoms with Gasteiger partial charge in [-0.2, -0.15) is 0 Å². The van der Waals surface area contributed by atoms with Gasteiger partial charge in [0.05, 0.1) is 12.2 Å². The number of fused-ring (bicyclic) bond motifs is 1. The molecule has 19 heavy (non-hydrogen) atoms. The van der Waals surface area contributed by atoms with Crippen LogP contribution in [0.3, 0.4) is 0 Å². The summed E-state index contributed by atoms with van der Waals surface area (Å²) in [4.78, 5) is 25.3. The Morgan fingerprint density at radius 1 is 1.42 bits per heavy atom. The number of amides is 2. The fourth-order valence-corrected chi connectivity index (χ4v) is 1.90. The molecule has 1 heterocycles. The van der Waals surface area contributed by atoms with Crippen molar-refractivity contribution in [3.05, 3.63) is 35.3 Å². The fraction of sp³-hybridized carbons (Fsp3) is 0.231. The van der Waals surface area contributed by atoms with E-state index in [1.807, 2.05) is 6.07 Å². The molecule has 100 valence electrons. The summed E-state index contributed by atoms with van der Waals surface area (Å²) in [5.41, 5.74) is 0.617. The van der Waals surface area contributed by atoms with Gasteiger partial charge in [-0.05, 0) is 12.1 Å². The molecule has 1 aromatic rings. The number of carbonyl (C=O) groups excluding carboxylic acids is 2. The molecule has 0 unspecified atom stereocenters. The Morgan fingerprint density at radius 2 is 2.16 bits per heavy atom. The number of hydrogen-bond acceptors (Lipinski definition) is 3. The molecule has 1 aliphatic heterocycles. The lowest BCUT2D eigenvalue weighted by Gasteiger charge is -2.28. The van der Waals surface area contributed by atoms with Crippen LogP contribution in [0.15, 0.2) is 35.3 Å². The van der Waals surface area contributed by atoms with Crippen molar-refractivity contribution in [3.8, 4) is 5.75 Å². The first-order valence-corrected chi connectivity index (χ1v) is 6.53. The highest BCUT2D eigenvalue weighted by atomic mass is 79.9. The number of ether oxygens (including phenoxy) is 1. The van der Waals surface area contributed by atoms with Crippen LogP contribution in [0.1, 0.15) is 0 Å². The Bertz CT molecular complexity index is 530. The number of para-hydroxylation sites is 2. The first kappa shape index (κ1) is 13.6. The van der Waals surface area contributed by atoms with E-state index in [4.69, 9.17) is 4.74 Å². The molecule has 0 aliphatic carbocycles. The number of nitrogens with zero attached hydrogens (tertiary/aromatic N) is 1. The molecule has 0 radical (unpaired) electrons. The predicted molar refractivity (Wildman–Crippen MR) is 75.4 cm³/mol. The quantitative estimate of drug-likeness (QED) is 0.837. The number of halogens is 1. The first-order chi connectivity index (χ1) is 9.09. The summed E-state index contributed by atoms with van der Waals surface area (Å²) in [5.74, 6) is -0.637. The zero-order valence-electron chi connectivity index (χ0n) is 10.2. The summed E-state index contributed by atoms with van der Waals surface area (Å²) in [5, 5.41) is 2.49. The molecule has 5 nitrogen and oxygen atoms in total. The van der Waals surface area contributed by atoms with Crippen molar-refractivity contribution in [2.45, 2.75) is 0 Å². The van der Waals surface area contributed by atoms with Crippen molar-refractivity contribution in [2.75, 3.05) is 24.6 Å². The monoisotopic (exact) mass is 324 g/mol. The van der Waals surface area contributed by atoms with E-state index in [1.54, 1.807) is 18.2 Å². The Hall–Kier alpha value is -1.82. The van der Waals surface area contributed by atoms with E-state index in [2.05, 4.69) is 27.8 Å². The standard InChI is InChI=1S/C13H13BrN2O3/c1-9(14)8-15-12(17)13(18)16-6-7-19-11-5-3-2-4-10(11)16/h2-5H,1,6-8H2,(H,15,17). The van der Waals surface area contributed by atoms with E-state index >= 15 is 0 Å². The molecule has 1 aromatic carbocycles. The maximum Gasteiger partial charge on any atom is 0.316 e. The Kier molecular flexibility index (Phi) is 4.21. The van der Waals surface area contributed by atoms with Crippen molar-refractivity contribution < 1.29 is 14.3 Å². The minimum absolute atomic E-state index is 0.219. The highest BCUT2D eigenvalue weighted by Crippen LogP contribution is 2.30. The summed E-state index contributed by atoms with van der Waals surface area (Å²) in [6.45, 7) is 4.55. The molecule has 0 bridgehead atoms. The van der Waals surface area contributed by atoms with Gasteiger partial charge in [0, 0.05) is 11.0 Å². The Balaban J connectivity index is 2.12. The fourth-order valence-electron chi connectivity index (χ4n) is 1.75. The van der Waals surface area contributed by atoms with Crippen LogP contribution >= 0.6 is 15.9 Å². The Morgan fingerprint density at radius 3 is 2.89 bits per heavy atom. The average Bonchev–Trinajstić information content (AvgIpc) is 2.43. The third-order valence-electron chi connectivity index (χ3n) is 2.61. The molecular formula is C13H13BrN2O3. The lowest BCUT2D eigenvalue weighted by molar-refractivity contribution is -0.137. The van der Waals surface area contributed by atoms with Crippen molar-refractivity contribution in [1.29, 1.82) is 0 Å². The van der Waals surface area contributed by atoms with Crippen LogP contribution in [-0.4, -0.2) is 31.5 Å². The third kappa shape index (κ3) is 3.14. The van der Waals surface area contributed by atoms with E-state index < -0.39 is 11.8 Å². The maximum absolute atomic E-state index is 12.1. The van der Waals surface area contributed by atoms with E-state index in [0.29, 0.717) is 29.1 Å². The lowest BCUT2D eigenvalue weighted by atomic mass is 10.2. The number of nitrogens with one attached hydrogen (secondary N) is 1. The molecule has 0 saturated heterocycles. The van der Waals surface area contributed by atoms with Crippen LogP contribution in [-0.2, 0) is 9.59 Å². The van der Waals surface area contributed by atoms with Gasteiger partial charge in [-0.25, -0.2) is 0 Å². The lowest BCUT2D eigenvalue weighted by Crippen LogP contribution is -2.46. The summed E-state index contributed by atoms with van der Waals surface area (Å²) in [6.07, 6.45) is 0. The molecule has 2 rings (SSSR count). The van der Waals surface area contributed by atoms with E-state index in [0.717, 1.165) is 0 Å². The second-order valence-electron chi connectivity index (χ2n) is 3.97. The SMILES string of the molecule is C=C(Br)CNC(=O)C(=O)N1CCOc2ccccc21. The van der Waals surface area contributed by atoms with E-state index in [-0.39, 0.29) is 6.54 Å². The number of rotatable bonds is 2. The van der Waals surface area contributed by atoms with Crippen molar-refractivity contribution in [1.82, 2.24) is 5.32 Å². The number of carbonyl (C=O) groups is 2. The summed E-state index contributed by atoms with van der Waals surface area (Å²) < 4.78 is 6.04. The van der Waals surface area contributed by atoms with Crippen molar-refractivity contribution >= 4 is 33.4 Å². The molecule has 0 fully saturated rings. The number of hydrogen-bond donors (Lipinski definition) is 1. The van der Waals surface area contributed by atoms with Crippen LogP contribution in [0.25, 0.3) is 0 Å². The number of anilines is 1. The normalized spacial score (nSPS) is 13.2. The van der Waals surface area contributed by atoms with Crippen molar-refractivity contribution in [2.24, 2.45) is 0 Å². The minimum atomic E-state index is -0.655. The maximum atomic E-state index is 12.1. The van der Waals surface area contributed by atoms with Crippen LogP contribution in [0.4, 0.5) is 5.69 Å². The van der Waals surface area contributed by atoms with E-state index in [9.17, 15) is 9.59 Å². The van der Waals surface area contributed by atoms with Crippen LogP contribution in [0.5, 0.6) is 5.75 Å². The van der Waals surface area contributed by atoms with Crippen molar-refractivity contribution in [3.63, 3.8) is 0 Å². The zero-order chi connectivity index (χ0) is 13.8. The summed E-state index contributed by atoms with van der Waals surface area (Å²) >= 11 is 3.12. The molecule has 1 N–H and O–H groups in total. The highest BCUT2D eigenvalue weighted by molar-refractivity contribution is 9.11. The largest absolute Gasteiger partial charge is 0.490 e. The highest BCUT2D eigenvalue weighted by Gasteiger charge is 2.27. The zero-order valence-corrected chi connectivity index (χ0v) is 11.8. The minimum Gasteiger partial charge on any atom is -0.490 e. The van der Waals surface area contributed by atoms with Gasteiger partial charge in [0.1, 0.15) is 12.4 Å². The van der Waals surface area contributed by atoms with Gasteiger partial charge in [0.2, 0.25) is 0 Å². The molecule has 2 amide bonds. The topological polar surface area (TPSA) is 58.6 Å². The van der Waals surface area contributed by atoms with Gasteiger partial charge in [0.25, 0.3) is 0 Å². The second-order valence-corrected chi connectivity index (χ2v) is 5.09. The van der Waals surface area contributed by atoms with Gasteiger partial charge >= 0.3 is 11.8 Å². The molecule has 0 spiro atoms. The molecule has 0 saturated carbocycles. The van der Waals surface area contributed by atoms with Crippen LogP contribution in [0.2, 0.25) is 0 Å². The molecule has 0 atom stereocenters. The summed E-state index contributed by atoms with van der Waals surface area (Å²) in [6, 6.07) is 7.14.